The van der Waals surface area contributed by atoms with Crippen LogP contribution in [0.15, 0.2) is 9.98 Å². The summed E-state index contributed by atoms with van der Waals surface area (Å²) in [4.78, 5) is 7.95. The largest absolute Gasteiger partial charge is 0.312 e. The van der Waals surface area contributed by atoms with Crippen LogP contribution < -0.4 is 5.32 Å². The van der Waals surface area contributed by atoms with Gasteiger partial charge >= 0.3 is 0 Å². The third kappa shape index (κ3) is 7.96. The number of nitrogens with one attached hydrogen (secondary N) is 1. The molecule has 0 unspecified atom stereocenters. The van der Waals surface area contributed by atoms with Gasteiger partial charge in [-0.25, -0.2) is 9.98 Å². The fourth-order valence-electron chi connectivity index (χ4n) is 0.881. The van der Waals surface area contributed by atoms with Crippen molar-refractivity contribution in [1.29, 1.82) is 0 Å². The lowest BCUT2D eigenvalue weighted by Crippen LogP contribution is -2.39. The van der Waals surface area contributed by atoms with Crippen LogP contribution in [0.2, 0.25) is 0 Å². The summed E-state index contributed by atoms with van der Waals surface area (Å²) in [6.45, 7) is 11.2. The molecule has 0 atom stereocenters. The van der Waals surface area contributed by atoms with Crippen molar-refractivity contribution in [3.05, 3.63) is 0 Å². The van der Waals surface area contributed by atoms with E-state index in [4.69, 9.17) is 0 Å². The second kappa shape index (κ2) is 7.72. The first-order chi connectivity index (χ1) is 6.62. The first-order valence-corrected chi connectivity index (χ1v) is 5.45. The van der Waals surface area contributed by atoms with Crippen LogP contribution in [0.25, 0.3) is 0 Å². The summed E-state index contributed by atoms with van der Waals surface area (Å²) in [5.41, 5.74) is 0.251. The van der Waals surface area contributed by atoms with Crippen molar-refractivity contribution < 1.29 is 0 Å². The van der Waals surface area contributed by atoms with Crippen molar-refractivity contribution in [3.8, 4) is 0 Å². The van der Waals surface area contributed by atoms with Crippen LogP contribution in [0.1, 0.15) is 40.5 Å². The fraction of sp³-hybridized carbons (Fsp3) is 0.909. The summed E-state index contributed by atoms with van der Waals surface area (Å²) in [6.07, 6.45) is 2.20. The van der Waals surface area contributed by atoms with Gasteiger partial charge in [0.25, 0.3) is 0 Å². The van der Waals surface area contributed by atoms with Crippen molar-refractivity contribution in [2.75, 3.05) is 19.6 Å². The molecule has 0 amide bonds. The highest BCUT2D eigenvalue weighted by molar-refractivity contribution is 5.40. The maximum Gasteiger partial charge on any atom is 0.0892 e. The molecule has 0 bridgehead atoms. The maximum atomic E-state index is 4.05. The third-order valence-corrected chi connectivity index (χ3v) is 2.23. The summed E-state index contributed by atoms with van der Waals surface area (Å²) < 4.78 is 0. The lowest BCUT2D eigenvalue weighted by Gasteiger charge is -2.24. The summed E-state index contributed by atoms with van der Waals surface area (Å²) >= 11 is 0. The second-order valence-corrected chi connectivity index (χ2v) is 3.97. The number of rotatable bonds is 7. The number of hydrogen-bond donors (Lipinski definition) is 1. The van der Waals surface area contributed by atoms with Crippen molar-refractivity contribution in [3.63, 3.8) is 0 Å². The fourth-order valence-corrected chi connectivity index (χ4v) is 0.881. The number of nitrogens with zero attached hydrogens (tertiary/aromatic N) is 2. The Hall–Kier alpha value is -0.660. The Labute approximate surface area is 87.7 Å². The molecule has 0 aliphatic rings. The van der Waals surface area contributed by atoms with E-state index < -0.39 is 0 Å². The minimum atomic E-state index is 0.251. The third-order valence-electron chi connectivity index (χ3n) is 2.23. The van der Waals surface area contributed by atoms with Crippen LogP contribution in [-0.4, -0.2) is 31.2 Å². The van der Waals surface area contributed by atoms with Gasteiger partial charge in [-0.1, -0.05) is 6.92 Å². The van der Waals surface area contributed by atoms with E-state index in [1.807, 2.05) is 6.92 Å². The van der Waals surface area contributed by atoms with E-state index in [0.29, 0.717) is 0 Å². The zero-order valence-corrected chi connectivity index (χ0v) is 9.93. The predicted molar refractivity (Wildman–Crippen MR) is 62.3 cm³/mol. The monoisotopic (exact) mass is 197 g/mol. The topological polar surface area (TPSA) is 36.8 Å². The van der Waals surface area contributed by atoms with Crippen molar-refractivity contribution in [1.82, 2.24) is 5.32 Å². The Balaban J connectivity index is 3.43. The summed E-state index contributed by atoms with van der Waals surface area (Å²) in [5.74, 6) is 0. The SMILES string of the molecule is CCN=C=NCCCNC(C)(C)CC. The molecule has 3 heteroatoms. The average molecular weight is 197 g/mol. The maximum absolute atomic E-state index is 4.05. The molecular weight excluding hydrogens is 174 g/mol. The minimum Gasteiger partial charge on any atom is -0.312 e. The van der Waals surface area contributed by atoms with E-state index in [-0.39, 0.29) is 5.54 Å². The first kappa shape index (κ1) is 13.3. The molecule has 0 saturated carbocycles. The molecule has 3 nitrogen and oxygen atoms in total. The highest BCUT2D eigenvalue weighted by Gasteiger charge is 2.11. The number of hydrogen-bond acceptors (Lipinski definition) is 3. The van der Waals surface area contributed by atoms with Gasteiger partial charge in [-0.3, -0.25) is 0 Å². The summed E-state index contributed by atoms with van der Waals surface area (Å²) in [7, 11) is 0. The van der Waals surface area contributed by atoms with Crippen LogP contribution in [0.3, 0.4) is 0 Å². The molecule has 14 heavy (non-hydrogen) atoms. The van der Waals surface area contributed by atoms with Gasteiger partial charge in [0.15, 0.2) is 0 Å². The molecule has 82 valence electrons. The standard InChI is InChI=1S/C11H23N3/c1-5-11(3,4)14-9-7-8-13-10-12-6-2/h14H,5-9H2,1-4H3. The molecule has 0 saturated heterocycles. The van der Waals surface area contributed by atoms with Gasteiger partial charge in [0.1, 0.15) is 0 Å². The van der Waals surface area contributed by atoms with Gasteiger partial charge in [0.05, 0.1) is 12.6 Å². The van der Waals surface area contributed by atoms with Gasteiger partial charge in [-0.05, 0) is 40.2 Å². The van der Waals surface area contributed by atoms with E-state index in [1.54, 1.807) is 0 Å². The first-order valence-electron chi connectivity index (χ1n) is 5.45. The van der Waals surface area contributed by atoms with E-state index in [9.17, 15) is 0 Å². The van der Waals surface area contributed by atoms with Crippen LogP contribution in [0.4, 0.5) is 0 Å². The lowest BCUT2D eigenvalue weighted by atomic mass is 10.0. The Kier molecular flexibility index (Phi) is 7.35. The van der Waals surface area contributed by atoms with Crippen molar-refractivity contribution >= 4 is 6.01 Å². The zero-order valence-electron chi connectivity index (χ0n) is 9.93. The minimum absolute atomic E-state index is 0.251. The van der Waals surface area contributed by atoms with Crippen molar-refractivity contribution in [2.45, 2.75) is 46.1 Å². The molecule has 0 spiro atoms. The molecule has 0 aromatic carbocycles. The van der Waals surface area contributed by atoms with Gasteiger partial charge in [0, 0.05) is 12.1 Å². The van der Waals surface area contributed by atoms with E-state index in [2.05, 4.69) is 42.1 Å². The van der Waals surface area contributed by atoms with Crippen LogP contribution >= 0.6 is 0 Å². The molecule has 1 N–H and O–H groups in total. The second-order valence-electron chi connectivity index (χ2n) is 3.97. The Morgan fingerprint density at radius 2 is 1.93 bits per heavy atom. The van der Waals surface area contributed by atoms with Gasteiger partial charge in [-0.15, -0.1) is 0 Å². The molecule has 0 radical (unpaired) electrons. The smallest absolute Gasteiger partial charge is 0.0892 e. The molecule has 0 rings (SSSR count). The highest BCUT2D eigenvalue weighted by atomic mass is 14.9. The lowest BCUT2D eigenvalue weighted by molar-refractivity contribution is 0.376. The Morgan fingerprint density at radius 1 is 1.21 bits per heavy atom. The van der Waals surface area contributed by atoms with Crippen molar-refractivity contribution in [2.24, 2.45) is 9.98 Å². The average Bonchev–Trinajstić information content (AvgIpc) is 2.16. The molecule has 0 fully saturated rings. The molecule has 0 aliphatic carbocycles. The van der Waals surface area contributed by atoms with Gasteiger partial charge < -0.3 is 5.32 Å². The van der Waals surface area contributed by atoms with E-state index in [0.717, 1.165) is 32.5 Å². The molecular formula is C11H23N3. The highest BCUT2D eigenvalue weighted by Crippen LogP contribution is 2.05. The van der Waals surface area contributed by atoms with Crippen LogP contribution in [-0.2, 0) is 0 Å². The normalized spacial score (nSPS) is 10.9. The zero-order chi connectivity index (χ0) is 10.9. The quantitative estimate of drug-likeness (QED) is 0.493. The Morgan fingerprint density at radius 3 is 2.50 bits per heavy atom. The van der Waals surface area contributed by atoms with E-state index in [1.165, 1.54) is 0 Å². The van der Waals surface area contributed by atoms with Gasteiger partial charge in [0.2, 0.25) is 0 Å². The predicted octanol–water partition coefficient (Wildman–Crippen LogP) is 2.35. The summed E-state index contributed by atoms with van der Waals surface area (Å²) in [6, 6.07) is 2.67. The molecule has 0 heterocycles. The Bertz CT molecular complexity index is 191. The van der Waals surface area contributed by atoms with Crippen LogP contribution in [0.5, 0.6) is 0 Å². The molecule has 0 aliphatic heterocycles. The van der Waals surface area contributed by atoms with Crippen LogP contribution in [0, 0.1) is 0 Å². The van der Waals surface area contributed by atoms with E-state index >= 15 is 0 Å². The molecule has 0 aromatic heterocycles. The van der Waals surface area contributed by atoms with Gasteiger partial charge in [-0.2, -0.15) is 0 Å². The molecule has 0 aromatic rings. The summed E-state index contributed by atoms with van der Waals surface area (Å²) in [5, 5.41) is 3.48. The number of aliphatic imine (C=N–C) groups is 2.